The van der Waals surface area contributed by atoms with Gasteiger partial charge in [0, 0.05) is 16.5 Å². The number of ether oxygens (including phenoxy) is 3. The molecule has 0 radical (unpaired) electrons. The van der Waals surface area contributed by atoms with E-state index in [2.05, 4.69) is 15.9 Å². The summed E-state index contributed by atoms with van der Waals surface area (Å²) in [5.41, 5.74) is 0.648. The number of esters is 1. The lowest BCUT2D eigenvalue weighted by Gasteiger charge is -2.24. The topological polar surface area (TPSA) is 61.8 Å². The number of fused-ring (bicyclic) bond motifs is 1. The van der Waals surface area contributed by atoms with Crippen molar-refractivity contribution in [1.82, 2.24) is 0 Å². The zero-order valence-corrected chi connectivity index (χ0v) is 15.0. The molecule has 0 N–H and O–H groups in total. The number of Topliss-reactive ketones (excluding diaryl/α,β-unsaturated/α-hetero) is 1. The number of carbonyl (C=O) groups is 2. The molecule has 0 bridgehead atoms. The lowest BCUT2D eigenvalue weighted by molar-refractivity contribution is -0.154. The van der Waals surface area contributed by atoms with Crippen LogP contribution in [0.2, 0.25) is 0 Å². The summed E-state index contributed by atoms with van der Waals surface area (Å²) in [5.74, 6) is 0.688. The minimum absolute atomic E-state index is 0.0229. The van der Waals surface area contributed by atoms with E-state index in [-0.39, 0.29) is 19.0 Å². The molecular formula is C19H17BrO5. The summed E-state index contributed by atoms with van der Waals surface area (Å²) in [6.07, 6.45) is 0.00183. The van der Waals surface area contributed by atoms with E-state index in [0.717, 1.165) is 4.47 Å². The number of carbonyl (C=O) groups excluding carboxylic acids is 2. The molecule has 5 nitrogen and oxygen atoms in total. The van der Waals surface area contributed by atoms with Crippen LogP contribution >= 0.6 is 15.9 Å². The van der Waals surface area contributed by atoms with Gasteiger partial charge in [-0.2, -0.15) is 0 Å². The van der Waals surface area contributed by atoms with Crippen LogP contribution in [0.4, 0.5) is 0 Å². The van der Waals surface area contributed by atoms with E-state index in [1.54, 1.807) is 24.3 Å². The number of ketones is 1. The third-order valence-electron chi connectivity index (χ3n) is 3.73. The lowest BCUT2D eigenvalue weighted by Crippen LogP contribution is -2.38. The molecule has 2 aromatic rings. The van der Waals surface area contributed by atoms with Crippen molar-refractivity contribution in [2.24, 2.45) is 0 Å². The highest BCUT2D eigenvalue weighted by Gasteiger charge is 2.28. The maximum atomic E-state index is 12.0. The predicted molar refractivity (Wildman–Crippen MR) is 95.0 cm³/mol. The van der Waals surface area contributed by atoms with E-state index in [0.29, 0.717) is 29.9 Å². The average molecular weight is 405 g/mol. The number of benzene rings is 2. The minimum atomic E-state index is -0.780. The smallest absolute Gasteiger partial charge is 0.350 e. The van der Waals surface area contributed by atoms with E-state index in [1.807, 2.05) is 24.3 Å². The van der Waals surface area contributed by atoms with Crippen LogP contribution in [-0.4, -0.2) is 31.1 Å². The molecule has 0 amide bonds. The van der Waals surface area contributed by atoms with Gasteiger partial charge in [0.1, 0.15) is 6.61 Å². The second kappa shape index (κ2) is 8.16. The molecule has 0 saturated carbocycles. The summed E-state index contributed by atoms with van der Waals surface area (Å²) in [6.45, 7) is 0.288. The van der Waals surface area contributed by atoms with Crippen LogP contribution in [-0.2, 0) is 9.53 Å². The number of para-hydroxylation sites is 2. The first kappa shape index (κ1) is 17.5. The van der Waals surface area contributed by atoms with Gasteiger partial charge < -0.3 is 14.2 Å². The summed E-state index contributed by atoms with van der Waals surface area (Å²) in [4.78, 5) is 24.1. The van der Waals surface area contributed by atoms with E-state index in [1.165, 1.54) is 0 Å². The molecule has 6 heteroatoms. The van der Waals surface area contributed by atoms with Crippen LogP contribution in [0.15, 0.2) is 53.0 Å². The molecule has 0 unspecified atom stereocenters. The fourth-order valence-corrected chi connectivity index (χ4v) is 2.68. The Balaban J connectivity index is 1.41. The predicted octanol–water partition coefficient (Wildman–Crippen LogP) is 3.80. The van der Waals surface area contributed by atoms with Gasteiger partial charge in [0.25, 0.3) is 0 Å². The highest BCUT2D eigenvalue weighted by Crippen LogP contribution is 2.31. The van der Waals surface area contributed by atoms with Gasteiger partial charge in [-0.25, -0.2) is 4.79 Å². The number of hydrogen-bond acceptors (Lipinski definition) is 5. The maximum absolute atomic E-state index is 12.0. The SMILES string of the molecule is O=C(CCCOC(=O)[C@@H]1COc2ccccc2O1)c1ccc(Br)cc1. The van der Waals surface area contributed by atoms with Crippen LogP contribution in [0.25, 0.3) is 0 Å². The second-order valence-electron chi connectivity index (χ2n) is 5.57. The number of rotatable bonds is 6. The van der Waals surface area contributed by atoms with Gasteiger partial charge in [-0.15, -0.1) is 0 Å². The van der Waals surface area contributed by atoms with Crippen LogP contribution in [0.3, 0.4) is 0 Å². The standard InChI is InChI=1S/C19H17BrO5/c20-14-9-7-13(8-10-14)15(21)4-3-11-23-19(22)18-12-24-16-5-1-2-6-17(16)25-18/h1-2,5-10,18H,3-4,11-12H2/t18-/m0/s1. The first-order valence-corrected chi connectivity index (χ1v) is 8.76. The Hall–Kier alpha value is -2.34. The molecule has 0 aromatic heterocycles. The van der Waals surface area contributed by atoms with Gasteiger partial charge in [-0.05, 0) is 30.7 Å². The first-order valence-electron chi connectivity index (χ1n) is 7.97. The number of hydrogen-bond donors (Lipinski definition) is 0. The molecule has 0 spiro atoms. The van der Waals surface area contributed by atoms with Crippen LogP contribution in [0, 0.1) is 0 Å². The summed E-state index contributed by atoms with van der Waals surface area (Å²) in [6, 6.07) is 14.4. The molecule has 2 aromatic carbocycles. The molecule has 1 atom stereocenters. The Morgan fingerprint density at radius 1 is 1.08 bits per heavy atom. The van der Waals surface area contributed by atoms with Crippen molar-refractivity contribution in [2.45, 2.75) is 18.9 Å². The molecule has 1 heterocycles. The molecule has 0 aliphatic carbocycles. The van der Waals surface area contributed by atoms with Crippen LogP contribution in [0.5, 0.6) is 11.5 Å². The maximum Gasteiger partial charge on any atom is 0.350 e. The van der Waals surface area contributed by atoms with Gasteiger partial charge >= 0.3 is 5.97 Å². The Bertz CT molecular complexity index is 757. The molecule has 0 fully saturated rings. The Labute approximate surface area is 154 Å². The molecule has 1 aliphatic rings. The van der Waals surface area contributed by atoms with Crippen molar-refractivity contribution >= 4 is 27.7 Å². The van der Waals surface area contributed by atoms with Crippen molar-refractivity contribution in [1.29, 1.82) is 0 Å². The van der Waals surface area contributed by atoms with Gasteiger partial charge in [0.05, 0.1) is 6.61 Å². The third kappa shape index (κ3) is 4.60. The van der Waals surface area contributed by atoms with Crippen molar-refractivity contribution in [3.8, 4) is 11.5 Å². The molecule has 0 saturated heterocycles. The second-order valence-corrected chi connectivity index (χ2v) is 6.48. The van der Waals surface area contributed by atoms with Crippen LogP contribution in [0.1, 0.15) is 23.2 Å². The summed E-state index contributed by atoms with van der Waals surface area (Å²) >= 11 is 3.33. The van der Waals surface area contributed by atoms with Crippen LogP contribution < -0.4 is 9.47 Å². The lowest BCUT2D eigenvalue weighted by atomic mass is 10.1. The fourth-order valence-electron chi connectivity index (χ4n) is 2.41. The monoisotopic (exact) mass is 404 g/mol. The van der Waals surface area contributed by atoms with Gasteiger partial charge in [0.2, 0.25) is 6.10 Å². The van der Waals surface area contributed by atoms with E-state index in [4.69, 9.17) is 14.2 Å². The number of halogens is 1. The third-order valence-corrected chi connectivity index (χ3v) is 4.26. The minimum Gasteiger partial charge on any atom is -0.485 e. The summed E-state index contributed by atoms with van der Waals surface area (Å²) < 4.78 is 17.2. The highest BCUT2D eigenvalue weighted by atomic mass is 79.9. The molecule has 3 rings (SSSR count). The normalized spacial score (nSPS) is 15.5. The van der Waals surface area contributed by atoms with Gasteiger partial charge in [0.15, 0.2) is 17.3 Å². The van der Waals surface area contributed by atoms with Crippen molar-refractivity contribution in [2.75, 3.05) is 13.2 Å². The van der Waals surface area contributed by atoms with Gasteiger partial charge in [-0.3, -0.25) is 4.79 Å². The molecule has 25 heavy (non-hydrogen) atoms. The largest absolute Gasteiger partial charge is 0.485 e. The Kier molecular flexibility index (Phi) is 5.71. The molecular weight excluding hydrogens is 388 g/mol. The zero-order chi connectivity index (χ0) is 17.6. The van der Waals surface area contributed by atoms with E-state index >= 15 is 0 Å². The highest BCUT2D eigenvalue weighted by molar-refractivity contribution is 9.10. The van der Waals surface area contributed by atoms with E-state index in [9.17, 15) is 9.59 Å². The van der Waals surface area contributed by atoms with Crippen molar-refractivity contribution < 1.29 is 23.8 Å². The van der Waals surface area contributed by atoms with E-state index < -0.39 is 12.1 Å². The Morgan fingerprint density at radius 3 is 2.56 bits per heavy atom. The van der Waals surface area contributed by atoms with Crippen molar-refractivity contribution in [3.63, 3.8) is 0 Å². The average Bonchev–Trinajstić information content (AvgIpc) is 2.65. The zero-order valence-electron chi connectivity index (χ0n) is 13.4. The fraction of sp³-hybridized carbons (Fsp3) is 0.263. The van der Waals surface area contributed by atoms with Crippen molar-refractivity contribution in [3.05, 3.63) is 58.6 Å². The molecule has 1 aliphatic heterocycles. The quantitative estimate of drug-likeness (QED) is 0.416. The van der Waals surface area contributed by atoms with Gasteiger partial charge in [-0.1, -0.05) is 40.2 Å². The summed E-state index contributed by atoms with van der Waals surface area (Å²) in [5, 5.41) is 0. The summed E-state index contributed by atoms with van der Waals surface area (Å²) in [7, 11) is 0. The first-order chi connectivity index (χ1) is 12.1. The molecule has 130 valence electrons. The Morgan fingerprint density at radius 2 is 1.80 bits per heavy atom.